The molecule has 0 aromatic heterocycles. The molecule has 1 aromatic carbocycles. The van der Waals surface area contributed by atoms with Crippen molar-refractivity contribution >= 4 is 23.0 Å². The molecule has 0 spiro atoms. The number of para-hydroxylation sites is 1. The van der Waals surface area contributed by atoms with E-state index in [9.17, 15) is 0 Å². The monoisotopic (exact) mass is 248 g/mol. The van der Waals surface area contributed by atoms with E-state index in [1.807, 2.05) is 30.3 Å². The summed E-state index contributed by atoms with van der Waals surface area (Å²) in [5, 5.41) is 7.28. The fourth-order valence-corrected chi connectivity index (χ4v) is 2.49. The second-order valence-corrected chi connectivity index (χ2v) is 5.29. The Morgan fingerprint density at radius 2 is 2.00 bits per heavy atom. The van der Waals surface area contributed by atoms with Crippen molar-refractivity contribution in [1.29, 1.82) is 0 Å². The van der Waals surface area contributed by atoms with Gasteiger partial charge in [-0.25, -0.2) is 0 Å². The topological polar surface area (TPSA) is 24.1 Å². The van der Waals surface area contributed by atoms with E-state index in [4.69, 9.17) is 12.2 Å². The molecule has 3 heteroatoms. The molecule has 2 rings (SSSR count). The van der Waals surface area contributed by atoms with Crippen molar-refractivity contribution in [3.8, 4) is 0 Å². The van der Waals surface area contributed by atoms with E-state index in [1.54, 1.807) is 0 Å². The third-order valence-corrected chi connectivity index (χ3v) is 4.07. The molecule has 0 unspecified atom stereocenters. The maximum Gasteiger partial charge on any atom is 0.170 e. The van der Waals surface area contributed by atoms with Gasteiger partial charge in [-0.05, 0) is 49.0 Å². The van der Waals surface area contributed by atoms with Crippen LogP contribution in [0.25, 0.3) is 0 Å². The highest BCUT2D eigenvalue weighted by Gasteiger charge is 2.34. The lowest BCUT2D eigenvalue weighted by Gasteiger charge is -2.41. The van der Waals surface area contributed by atoms with Crippen LogP contribution in [-0.2, 0) is 0 Å². The van der Waals surface area contributed by atoms with Crippen LogP contribution in [0.2, 0.25) is 0 Å². The summed E-state index contributed by atoms with van der Waals surface area (Å²) in [4.78, 5) is 0. The van der Waals surface area contributed by atoms with E-state index in [0.29, 0.717) is 5.41 Å². The second-order valence-electron chi connectivity index (χ2n) is 4.88. The largest absolute Gasteiger partial charge is 0.362 e. The first-order valence-electron chi connectivity index (χ1n) is 6.34. The molecule has 92 valence electrons. The summed E-state index contributed by atoms with van der Waals surface area (Å²) in [6.45, 7) is 3.27. The highest BCUT2D eigenvalue weighted by molar-refractivity contribution is 7.80. The van der Waals surface area contributed by atoms with Crippen molar-refractivity contribution in [2.75, 3.05) is 11.9 Å². The van der Waals surface area contributed by atoms with Crippen LogP contribution in [0.3, 0.4) is 0 Å². The van der Waals surface area contributed by atoms with E-state index in [2.05, 4.69) is 17.6 Å². The van der Waals surface area contributed by atoms with Crippen LogP contribution < -0.4 is 10.6 Å². The number of thiocarbonyl (C=S) groups is 1. The quantitative estimate of drug-likeness (QED) is 0.797. The molecule has 0 atom stereocenters. The zero-order valence-corrected chi connectivity index (χ0v) is 11.1. The average Bonchev–Trinajstić information content (AvgIpc) is 2.29. The van der Waals surface area contributed by atoms with Gasteiger partial charge < -0.3 is 10.6 Å². The highest BCUT2D eigenvalue weighted by Crippen LogP contribution is 2.42. The van der Waals surface area contributed by atoms with Crippen molar-refractivity contribution < 1.29 is 0 Å². The molecule has 1 saturated carbocycles. The lowest BCUT2D eigenvalue weighted by molar-refractivity contribution is 0.132. The molecule has 0 heterocycles. The van der Waals surface area contributed by atoms with Crippen LogP contribution in [-0.4, -0.2) is 11.7 Å². The molecular formula is C14H20N2S. The van der Waals surface area contributed by atoms with Gasteiger partial charge in [-0.2, -0.15) is 0 Å². The number of nitrogens with one attached hydrogen (secondary N) is 2. The van der Waals surface area contributed by atoms with Gasteiger partial charge in [0.1, 0.15) is 0 Å². The molecule has 17 heavy (non-hydrogen) atoms. The fraction of sp³-hybridized carbons (Fsp3) is 0.500. The summed E-state index contributed by atoms with van der Waals surface area (Å²) in [6, 6.07) is 10.1. The van der Waals surface area contributed by atoms with Crippen molar-refractivity contribution in [1.82, 2.24) is 5.32 Å². The zero-order valence-electron chi connectivity index (χ0n) is 10.3. The SMILES string of the molecule is CCC1(CNC(=S)Nc2ccccc2)CCC1. The van der Waals surface area contributed by atoms with Crippen LogP contribution in [0, 0.1) is 5.41 Å². The first-order valence-corrected chi connectivity index (χ1v) is 6.75. The average molecular weight is 248 g/mol. The van der Waals surface area contributed by atoms with Crippen LogP contribution >= 0.6 is 12.2 Å². The normalized spacial score (nSPS) is 17.0. The molecule has 1 aliphatic rings. The summed E-state index contributed by atoms with van der Waals surface area (Å²) < 4.78 is 0. The minimum absolute atomic E-state index is 0.502. The summed E-state index contributed by atoms with van der Waals surface area (Å²) in [5.74, 6) is 0. The first kappa shape index (κ1) is 12.4. The number of anilines is 1. The number of rotatable bonds is 4. The first-order chi connectivity index (χ1) is 8.24. The molecule has 0 radical (unpaired) electrons. The molecule has 0 saturated heterocycles. The maximum atomic E-state index is 5.30. The van der Waals surface area contributed by atoms with Crippen molar-refractivity contribution in [3.63, 3.8) is 0 Å². The van der Waals surface area contributed by atoms with Gasteiger partial charge in [0.05, 0.1) is 0 Å². The molecule has 1 aliphatic carbocycles. The highest BCUT2D eigenvalue weighted by atomic mass is 32.1. The number of hydrogen-bond acceptors (Lipinski definition) is 1. The van der Waals surface area contributed by atoms with Crippen LogP contribution in [0.1, 0.15) is 32.6 Å². The smallest absolute Gasteiger partial charge is 0.170 e. The van der Waals surface area contributed by atoms with Crippen LogP contribution in [0.15, 0.2) is 30.3 Å². The minimum atomic E-state index is 0.502. The predicted molar refractivity (Wildman–Crippen MR) is 77.2 cm³/mol. The molecular weight excluding hydrogens is 228 g/mol. The zero-order chi connectivity index (χ0) is 12.1. The Morgan fingerprint density at radius 3 is 2.53 bits per heavy atom. The van der Waals surface area contributed by atoms with E-state index in [0.717, 1.165) is 17.3 Å². The Hall–Kier alpha value is -1.09. The van der Waals surface area contributed by atoms with Crippen LogP contribution in [0.5, 0.6) is 0 Å². The van der Waals surface area contributed by atoms with Gasteiger partial charge in [-0.15, -0.1) is 0 Å². The van der Waals surface area contributed by atoms with Crippen molar-refractivity contribution in [2.24, 2.45) is 5.41 Å². The predicted octanol–water partition coefficient (Wildman–Crippen LogP) is 3.55. The third-order valence-electron chi connectivity index (χ3n) is 3.82. The summed E-state index contributed by atoms with van der Waals surface area (Å²) in [5.41, 5.74) is 1.55. The molecule has 0 bridgehead atoms. The second kappa shape index (κ2) is 5.50. The van der Waals surface area contributed by atoms with Gasteiger partial charge in [0.25, 0.3) is 0 Å². The summed E-state index contributed by atoms with van der Waals surface area (Å²) in [7, 11) is 0. The standard InChI is InChI=1S/C14H20N2S/c1-2-14(9-6-10-14)11-15-13(17)16-12-7-4-3-5-8-12/h3-5,7-8H,2,6,9-11H2,1H3,(H2,15,16,17). The van der Waals surface area contributed by atoms with Gasteiger partial charge in [0.15, 0.2) is 5.11 Å². The lowest BCUT2D eigenvalue weighted by Crippen LogP contribution is -2.43. The minimum Gasteiger partial charge on any atom is -0.362 e. The third kappa shape index (κ3) is 3.19. The van der Waals surface area contributed by atoms with E-state index in [-0.39, 0.29) is 0 Å². The Labute approximate surface area is 109 Å². The van der Waals surface area contributed by atoms with E-state index in [1.165, 1.54) is 25.7 Å². The molecule has 0 amide bonds. The van der Waals surface area contributed by atoms with Gasteiger partial charge in [0.2, 0.25) is 0 Å². The van der Waals surface area contributed by atoms with Gasteiger partial charge in [-0.1, -0.05) is 31.5 Å². The Kier molecular flexibility index (Phi) is 4.00. The number of hydrogen-bond donors (Lipinski definition) is 2. The van der Waals surface area contributed by atoms with Gasteiger partial charge in [-0.3, -0.25) is 0 Å². The summed E-state index contributed by atoms with van der Waals surface area (Å²) >= 11 is 5.30. The molecule has 0 aliphatic heterocycles. The molecule has 1 fully saturated rings. The van der Waals surface area contributed by atoms with E-state index >= 15 is 0 Å². The van der Waals surface area contributed by atoms with Crippen LogP contribution in [0.4, 0.5) is 5.69 Å². The Balaban J connectivity index is 1.78. The van der Waals surface area contributed by atoms with Crippen molar-refractivity contribution in [2.45, 2.75) is 32.6 Å². The summed E-state index contributed by atoms with van der Waals surface area (Å²) in [6.07, 6.45) is 5.29. The molecule has 2 nitrogen and oxygen atoms in total. The fourth-order valence-electron chi connectivity index (χ4n) is 2.30. The van der Waals surface area contributed by atoms with Gasteiger partial charge in [0, 0.05) is 12.2 Å². The Bertz CT molecular complexity index is 366. The maximum absolute atomic E-state index is 5.30. The van der Waals surface area contributed by atoms with Crippen molar-refractivity contribution in [3.05, 3.63) is 30.3 Å². The molecule has 2 N–H and O–H groups in total. The Morgan fingerprint density at radius 1 is 1.29 bits per heavy atom. The van der Waals surface area contributed by atoms with Gasteiger partial charge >= 0.3 is 0 Å². The lowest BCUT2D eigenvalue weighted by atomic mass is 9.67. The van der Waals surface area contributed by atoms with E-state index < -0.39 is 0 Å². The number of benzene rings is 1. The molecule has 1 aromatic rings.